The van der Waals surface area contributed by atoms with Crippen molar-refractivity contribution in [2.45, 2.75) is 6.61 Å². The van der Waals surface area contributed by atoms with Crippen LogP contribution in [0.4, 0.5) is 0 Å². The second-order valence-electron chi connectivity index (χ2n) is 6.57. The standard InChI is InChI=1S/C25H22BrNO4/c1-28-22-11-7-19(14-25(22)30-3)20(15-27)12-18-6-10-23(24(13-18)29-2)31-16-17-4-8-21(26)9-5-17/h4-14H,16H2,1-3H3/b20-12+. The van der Waals surface area contributed by atoms with Gasteiger partial charge in [-0.05, 0) is 65.2 Å². The first kappa shape index (κ1) is 22.3. The van der Waals surface area contributed by atoms with Crippen LogP contribution >= 0.6 is 15.9 Å². The van der Waals surface area contributed by atoms with E-state index in [1.807, 2.05) is 48.5 Å². The van der Waals surface area contributed by atoms with Crippen LogP contribution in [0.15, 0.2) is 65.1 Å². The largest absolute Gasteiger partial charge is 0.493 e. The Morgan fingerprint density at radius 2 is 1.48 bits per heavy atom. The molecule has 0 unspecified atom stereocenters. The van der Waals surface area contributed by atoms with E-state index in [0.29, 0.717) is 35.2 Å². The van der Waals surface area contributed by atoms with Gasteiger partial charge >= 0.3 is 0 Å². The molecule has 3 aromatic rings. The molecule has 0 fully saturated rings. The summed E-state index contributed by atoms with van der Waals surface area (Å²) in [6.07, 6.45) is 1.79. The van der Waals surface area contributed by atoms with Crippen molar-refractivity contribution in [1.29, 1.82) is 5.26 Å². The normalized spacial score (nSPS) is 10.9. The lowest BCUT2D eigenvalue weighted by molar-refractivity contribution is 0.284. The van der Waals surface area contributed by atoms with Gasteiger partial charge in [0.25, 0.3) is 0 Å². The summed E-state index contributed by atoms with van der Waals surface area (Å²) in [5.74, 6) is 2.40. The molecule has 5 nitrogen and oxygen atoms in total. The van der Waals surface area contributed by atoms with E-state index in [9.17, 15) is 5.26 Å². The summed E-state index contributed by atoms with van der Waals surface area (Å²) in [5, 5.41) is 9.69. The summed E-state index contributed by atoms with van der Waals surface area (Å²) < 4.78 is 23.1. The Morgan fingerprint density at radius 1 is 0.839 bits per heavy atom. The molecule has 0 N–H and O–H groups in total. The minimum atomic E-state index is 0.425. The van der Waals surface area contributed by atoms with Crippen LogP contribution < -0.4 is 18.9 Å². The van der Waals surface area contributed by atoms with Crippen LogP contribution in [-0.4, -0.2) is 21.3 Å². The highest BCUT2D eigenvalue weighted by atomic mass is 79.9. The molecule has 0 aromatic heterocycles. The third-order valence-corrected chi connectivity index (χ3v) is 5.15. The average Bonchev–Trinajstić information content (AvgIpc) is 2.82. The number of hydrogen-bond acceptors (Lipinski definition) is 5. The van der Waals surface area contributed by atoms with Gasteiger partial charge in [-0.15, -0.1) is 0 Å². The first-order valence-electron chi connectivity index (χ1n) is 9.47. The number of benzene rings is 3. The molecule has 0 spiro atoms. The maximum Gasteiger partial charge on any atom is 0.161 e. The number of allylic oxidation sites excluding steroid dienone is 1. The number of nitrogens with zero attached hydrogens (tertiary/aromatic N) is 1. The van der Waals surface area contributed by atoms with Crippen molar-refractivity contribution in [2.75, 3.05) is 21.3 Å². The van der Waals surface area contributed by atoms with Crippen LogP contribution in [0.2, 0.25) is 0 Å². The molecule has 31 heavy (non-hydrogen) atoms. The summed E-state index contributed by atoms with van der Waals surface area (Å²) in [6.45, 7) is 0.425. The van der Waals surface area contributed by atoms with Gasteiger partial charge in [0.05, 0.1) is 33.0 Å². The van der Waals surface area contributed by atoms with Gasteiger partial charge < -0.3 is 18.9 Å². The molecule has 6 heteroatoms. The predicted octanol–water partition coefficient (Wildman–Crippen LogP) is 6.12. The topological polar surface area (TPSA) is 60.7 Å². The van der Waals surface area contributed by atoms with Gasteiger partial charge in [0.15, 0.2) is 23.0 Å². The van der Waals surface area contributed by atoms with Crippen molar-refractivity contribution in [3.63, 3.8) is 0 Å². The molecule has 3 rings (SSSR count). The highest BCUT2D eigenvalue weighted by Gasteiger charge is 2.10. The summed E-state index contributed by atoms with van der Waals surface area (Å²) >= 11 is 3.43. The molecule has 0 saturated heterocycles. The maximum absolute atomic E-state index is 9.69. The smallest absolute Gasteiger partial charge is 0.161 e. The fraction of sp³-hybridized carbons (Fsp3) is 0.160. The zero-order valence-electron chi connectivity index (χ0n) is 17.5. The molecule has 0 aliphatic carbocycles. The van der Waals surface area contributed by atoms with Gasteiger partial charge in [-0.2, -0.15) is 5.26 Å². The lowest BCUT2D eigenvalue weighted by Gasteiger charge is -2.12. The Labute approximate surface area is 190 Å². The fourth-order valence-corrected chi connectivity index (χ4v) is 3.25. The molecule has 0 saturated carbocycles. The number of halogens is 1. The summed E-state index contributed by atoms with van der Waals surface area (Å²) in [6, 6.07) is 21.1. The Kier molecular flexibility index (Phi) is 7.58. The molecular formula is C25H22BrNO4. The minimum Gasteiger partial charge on any atom is -0.493 e. The summed E-state index contributed by atoms with van der Waals surface area (Å²) in [5.41, 5.74) is 3.09. The lowest BCUT2D eigenvalue weighted by atomic mass is 10.0. The number of nitriles is 1. The van der Waals surface area contributed by atoms with E-state index in [1.165, 1.54) is 0 Å². The van der Waals surface area contributed by atoms with Gasteiger partial charge in [0.2, 0.25) is 0 Å². The minimum absolute atomic E-state index is 0.425. The zero-order chi connectivity index (χ0) is 22.2. The van der Waals surface area contributed by atoms with Crippen LogP contribution in [0.5, 0.6) is 23.0 Å². The number of ether oxygens (including phenoxy) is 4. The Morgan fingerprint density at radius 3 is 2.13 bits per heavy atom. The first-order valence-corrected chi connectivity index (χ1v) is 10.3. The van der Waals surface area contributed by atoms with Gasteiger partial charge in [0.1, 0.15) is 6.61 Å². The van der Waals surface area contributed by atoms with Gasteiger partial charge in [-0.25, -0.2) is 0 Å². The fourth-order valence-electron chi connectivity index (χ4n) is 2.99. The van der Waals surface area contributed by atoms with E-state index in [2.05, 4.69) is 22.0 Å². The van der Waals surface area contributed by atoms with Crippen LogP contribution in [0, 0.1) is 11.3 Å². The second-order valence-corrected chi connectivity index (χ2v) is 7.48. The Balaban J connectivity index is 1.84. The van der Waals surface area contributed by atoms with E-state index in [1.54, 1.807) is 39.5 Å². The maximum atomic E-state index is 9.69. The third-order valence-electron chi connectivity index (χ3n) is 4.62. The van der Waals surface area contributed by atoms with E-state index in [0.717, 1.165) is 21.2 Å². The van der Waals surface area contributed by atoms with Crippen molar-refractivity contribution < 1.29 is 18.9 Å². The molecule has 158 valence electrons. The molecule has 0 bridgehead atoms. The van der Waals surface area contributed by atoms with Crippen molar-refractivity contribution in [2.24, 2.45) is 0 Å². The SMILES string of the molecule is COc1ccc(/C(C#N)=C/c2ccc(OCc3ccc(Br)cc3)c(OC)c2)cc1OC. The number of rotatable bonds is 8. The quantitative estimate of drug-likeness (QED) is 0.287. The molecule has 0 radical (unpaired) electrons. The van der Waals surface area contributed by atoms with Crippen molar-refractivity contribution in [3.05, 3.63) is 81.8 Å². The van der Waals surface area contributed by atoms with Crippen molar-refractivity contribution in [1.82, 2.24) is 0 Å². The number of hydrogen-bond donors (Lipinski definition) is 0. The van der Waals surface area contributed by atoms with E-state index < -0.39 is 0 Å². The molecular weight excluding hydrogens is 458 g/mol. The molecule has 0 aliphatic rings. The van der Waals surface area contributed by atoms with Crippen LogP contribution in [0.3, 0.4) is 0 Å². The summed E-state index contributed by atoms with van der Waals surface area (Å²) in [4.78, 5) is 0. The highest BCUT2D eigenvalue weighted by molar-refractivity contribution is 9.10. The highest BCUT2D eigenvalue weighted by Crippen LogP contribution is 2.33. The van der Waals surface area contributed by atoms with Gasteiger partial charge in [0, 0.05) is 4.47 Å². The number of methoxy groups -OCH3 is 3. The third kappa shape index (κ3) is 5.59. The molecule has 3 aromatic carbocycles. The van der Waals surface area contributed by atoms with E-state index in [4.69, 9.17) is 18.9 Å². The Bertz CT molecular complexity index is 1120. The lowest BCUT2D eigenvalue weighted by Crippen LogP contribution is -1.98. The molecule has 0 atom stereocenters. The zero-order valence-corrected chi connectivity index (χ0v) is 19.1. The van der Waals surface area contributed by atoms with Crippen LogP contribution in [-0.2, 0) is 6.61 Å². The monoisotopic (exact) mass is 479 g/mol. The van der Waals surface area contributed by atoms with Crippen LogP contribution in [0.1, 0.15) is 16.7 Å². The van der Waals surface area contributed by atoms with Crippen molar-refractivity contribution >= 4 is 27.6 Å². The molecule has 0 amide bonds. The second kappa shape index (κ2) is 10.6. The Hall–Kier alpha value is -3.43. The average molecular weight is 480 g/mol. The molecule has 0 heterocycles. The summed E-state index contributed by atoms with van der Waals surface area (Å²) in [7, 11) is 4.73. The first-order chi connectivity index (χ1) is 15.1. The molecule has 0 aliphatic heterocycles. The predicted molar refractivity (Wildman–Crippen MR) is 124 cm³/mol. The van der Waals surface area contributed by atoms with E-state index in [-0.39, 0.29) is 0 Å². The van der Waals surface area contributed by atoms with Crippen LogP contribution in [0.25, 0.3) is 11.6 Å². The van der Waals surface area contributed by atoms with E-state index >= 15 is 0 Å². The van der Waals surface area contributed by atoms with Crippen molar-refractivity contribution in [3.8, 4) is 29.1 Å². The van der Waals surface area contributed by atoms with Gasteiger partial charge in [-0.3, -0.25) is 0 Å². The van der Waals surface area contributed by atoms with Gasteiger partial charge in [-0.1, -0.05) is 34.1 Å².